The summed E-state index contributed by atoms with van der Waals surface area (Å²) in [6, 6.07) is 1.50. The molecule has 1 unspecified atom stereocenters. The third-order valence-electron chi connectivity index (χ3n) is 8.86. The number of amides is 1. The first-order chi connectivity index (χ1) is 17.0. The highest BCUT2D eigenvalue weighted by molar-refractivity contribution is 5.83. The predicted molar refractivity (Wildman–Crippen MR) is 129 cm³/mol. The van der Waals surface area contributed by atoms with Gasteiger partial charge in [-0.3, -0.25) is 14.6 Å². The number of methoxy groups -OCH3 is 1. The molecule has 2 atom stereocenters. The number of halogens is 3. The van der Waals surface area contributed by atoms with E-state index in [1.54, 1.807) is 4.90 Å². The molecular formula is C27H38F3N3O3. The fraction of sp³-hybridized carbons (Fsp3) is 0.741. The highest BCUT2D eigenvalue weighted by Crippen LogP contribution is 2.48. The second-order valence-electron chi connectivity index (χ2n) is 11.1. The molecule has 0 spiro atoms. The van der Waals surface area contributed by atoms with Crippen molar-refractivity contribution in [1.29, 1.82) is 0 Å². The Hall–Kier alpha value is -2.16. The largest absolute Gasteiger partial charge is 0.469 e. The van der Waals surface area contributed by atoms with Gasteiger partial charge in [-0.1, -0.05) is 13.8 Å². The van der Waals surface area contributed by atoms with E-state index in [2.05, 4.69) is 23.7 Å². The lowest BCUT2D eigenvalue weighted by atomic mass is 9.73. The van der Waals surface area contributed by atoms with Crippen LogP contribution in [0.2, 0.25) is 0 Å². The zero-order valence-corrected chi connectivity index (χ0v) is 21.6. The number of fused-ring (bicyclic) bond motifs is 1. The Kier molecular flexibility index (Phi) is 7.98. The van der Waals surface area contributed by atoms with E-state index in [1.807, 2.05) is 0 Å². The van der Waals surface area contributed by atoms with Crippen molar-refractivity contribution in [1.82, 2.24) is 14.8 Å². The van der Waals surface area contributed by atoms with Gasteiger partial charge in [0.2, 0.25) is 5.91 Å². The van der Waals surface area contributed by atoms with Gasteiger partial charge in [-0.05, 0) is 75.1 Å². The molecule has 1 aliphatic carbocycles. The van der Waals surface area contributed by atoms with Crippen molar-refractivity contribution in [2.45, 2.75) is 84.0 Å². The molecular weight excluding hydrogens is 471 g/mol. The minimum Gasteiger partial charge on any atom is -0.469 e. The number of ether oxygens (including phenoxy) is 1. The van der Waals surface area contributed by atoms with E-state index in [-0.39, 0.29) is 24.3 Å². The van der Waals surface area contributed by atoms with E-state index in [1.165, 1.54) is 7.11 Å². The summed E-state index contributed by atoms with van der Waals surface area (Å²) < 4.78 is 44.4. The lowest BCUT2D eigenvalue weighted by Gasteiger charge is -2.41. The fourth-order valence-corrected chi connectivity index (χ4v) is 6.43. The lowest BCUT2D eigenvalue weighted by molar-refractivity contribution is -0.146. The topological polar surface area (TPSA) is 62.7 Å². The summed E-state index contributed by atoms with van der Waals surface area (Å²) in [5, 5.41) is 0. The maximum atomic E-state index is 13.9. The van der Waals surface area contributed by atoms with Crippen molar-refractivity contribution in [3.8, 4) is 0 Å². The van der Waals surface area contributed by atoms with Crippen LogP contribution in [0.3, 0.4) is 0 Å². The normalized spacial score (nSPS) is 25.8. The van der Waals surface area contributed by atoms with E-state index >= 15 is 0 Å². The average molecular weight is 510 g/mol. The van der Waals surface area contributed by atoms with Crippen LogP contribution in [0.4, 0.5) is 13.2 Å². The first kappa shape index (κ1) is 26.9. The fourth-order valence-electron chi connectivity index (χ4n) is 6.43. The Morgan fingerprint density at radius 2 is 1.92 bits per heavy atom. The number of carbonyl (C=O) groups excluding carboxylic acids is 2. The Morgan fingerprint density at radius 1 is 1.19 bits per heavy atom. The summed E-state index contributed by atoms with van der Waals surface area (Å²) in [6.45, 7) is 6.83. The minimum absolute atomic E-state index is 0.0797. The number of hydrogen-bond donors (Lipinski definition) is 0. The van der Waals surface area contributed by atoms with E-state index in [0.717, 1.165) is 63.9 Å². The number of pyridine rings is 1. The quantitative estimate of drug-likeness (QED) is 0.514. The third-order valence-corrected chi connectivity index (χ3v) is 8.86. The van der Waals surface area contributed by atoms with E-state index in [9.17, 15) is 22.8 Å². The van der Waals surface area contributed by atoms with Gasteiger partial charge in [-0.15, -0.1) is 0 Å². The van der Waals surface area contributed by atoms with Crippen molar-refractivity contribution in [3.63, 3.8) is 0 Å². The summed E-state index contributed by atoms with van der Waals surface area (Å²) >= 11 is 0. The SMILES string of the molecule is COC(=O)CCC1CCN(C2CC[C@@](C(=O)N3CCc4ncc(C(F)(F)F)cc4C3)(C(C)C)C2)CC1. The minimum atomic E-state index is -4.45. The van der Waals surface area contributed by atoms with Crippen molar-refractivity contribution in [2.24, 2.45) is 17.3 Å². The highest BCUT2D eigenvalue weighted by atomic mass is 19.4. The third kappa shape index (κ3) is 5.55. The number of likely N-dealkylation sites (tertiary alicyclic amines) is 1. The number of hydrogen-bond acceptors (Lipinski definition) is 5. The van der Waals surface area contributed by atoms with Crippen LogP contribution in [0.5, 0.6) is 0 Å². The van der Waals surface area contributed by atoms with Crippen molar-refractivity contribution in [3.05, 3.63) is 29.1 Å². The Labute approximate surface area is 211 Å². The molecule has 1 saturated heterocycles. The molecule has 0 aromatic carbocycles. The number of piperidine rings is 1. The summed E-state index contributed by atoms with van der Waals surface area (Å²) in [5.74, 6) is 0.603. The van der Waals surface area contributed by atoms with Gasteiger partial charge in [0.05, 0.1) is 18.1 Å². The average Bonchev–Trinajstić information content (AvgIpc) is 3.33. The van der Waals surface area contributed by atoms with E-state index in [4.69, 9.17) is 4.74 Å². The molecule has 2 aliphatic heterocycles. The van der Waals surface area contributed by atoms with Crippen LogP contribution in [0.1, 0.15) is 75.6 Å². The van der Waals surface area contributed by atoms with E-state index in [0.29, 0.717) is 42.6 Å². The van der Waals surface area contributed by atoms with Gasteiger partial charge in [-0.2, -0.15) is 13.2 Å². The molecule has 2 fully saturated rings. The van der Waals surface area contributed by atoms with Crippen LogP contribution < -0.4 is 0 Å². The van der Waals surface area contributed by atoms with Crippen LogP contribution in [-0.4, -0.2) is 59.4 Å². The molecule has 9 heteroatoms. The summed E-state index contributed by atoms with van der Waals surface area (Å²) in [6.07, 6.45) is 2.92. The number of carbonyl (C=O) groups is 2. The summed E-state index contributed by atoms with van der Waals surface area (Å²) in [5.41, 5.74) is -0.0825. The van der Waals surface area contributed by atoms with Gasteiger partial charge in [0.1, 0.15) is 0 Å². The monoisotopic (exact) mass is 509 g/mol. The number of alkyl halides is 3. The highest BCUT2D eigenvalue weighted by Gasteiger charge is 2.51. The predicted octanol–water partition coefficient (Wildman–Crippen LogP) is 4.85. The van der Waals surface area contributed by atoms with Crippen LogP contribution >= 0.6 is 0 Å². The van der Waals surface area contributed by atoms with Crippen molar-refractivity contribution in [2.75, 3.05) is 26.7 Å². The zero-order valence-electron chi connectivity index (χ0n) is 21.6. The Morgan fingerprint density at radius 3 is 2.56 bits per heavy atom. The standard InChI is InChI=1S/C27H38F3N3O3/c1-18(2)26(10-6-22(15-26)32-11-7-19(8-12-32)4-5-24(34)36-3)25(35)33-13-9-23-20(17-33)14-21(16-31-23)27(28,29)30/h14,16,18-19,22H,4-13,15,17H2,1-3H3/t22?,26-/m0/s1. The second kappa shape index (κ2) is 10.7. The molecule has 0 bridgehead atoms. The van der Waals surface area contributed by atoms with Crippen molar-refractivity contribution >= 4 is 11.9 Å². The first-order valence-corrected chi connectivity index (χ1v) is 13.2. The molecule has 1 aromatic heterocycles. The van der Waals surface area contributed by atoms with Gasteiger partial charge < -0.3 is 14.5 Å². The molecule has 1 saturated carbocycles. The molecule has 3 heterocycles. The molecule has 1 aromatic rings. The van der Waals surface area contributed by atoms with Crippen LogP contribution in [0.25, 0.3) is 0 Å². The molecule has 3 aliphatic rings. The molecule has 4 rings (SSSR count). The summed E-state index contributed by atoms with van der Waals surface area (Å²) in [4.78, 5) is 33.7. The Bertz CT molecular complexity index is 959. The van der Waals surface area contributed by atoms with Crippen LogP contribution in [0, 0.1) is 17.3 Å². The van der Waals surface area contributed by atoms with Gasteiger partial charge in [-0.25, -0.2) is 0 Å². The van der Waals surface area contributed by atoms with Gasteiger partial charge in [0, 0.05) is 43.9 Å². The molecule has 6 nitrogen and oxygen atoms in total. The Balaban J connectivity index is 1.40. The lowest BCUT2D eigenvalue weighted by Crippen LogP contribution is -2.49. The maximum absolute atomic E-state index is 13.9. The molecule has 0 N–H and O–H groups in total. The molecule has 0 radical (unpaired) electrons. The smallest absolute Gasteiger partial charge is 0.417 e. The molecule has 200 valence electrons. The maximum Gasteiger partial charge on any atom is 0.417 e. The molecule has 1 amide bonds. The van der Waals surface area contributed by atoms with Crippen LogP contribution in [0.15, 0.2) is 12.3 Å². The molecule has 36 heavy (non-hydrogen) atoms. The summed E-state index contributed by atoms with van der Waals surface area (Å²) in [7, 11) is 1.42. The number of nitrogens with zero attached hydrogens (tertiary/aromatic N) is 3. The second-order valence-corrected chi connectivity index (χ2v) is 11.1. The van der Waals surface area contributed by atoms with Crippen molar-refractivity contribution < 1.29 is 27.5 Å². The van der Waals surface area contributed by atoms with Gasteiger partial charge in [0.15, 0.2) is 0 Å². The van der Waals surface area contributed by atoms with Gasteiger partial charge >= 0.3 is 12.1 Å². The number of aromatic nitrogens is 1. The number of rotatable bonds is 6. The number of esters is 1. The van der Waals surface area contributed by atoms with Crippen LogP contribution in [-0.2, 0) is 33.5 Å². The zero-order chi connectivity index (χ0) is 26.1. The van der Waals surface area contributed by atoms with E-state index < -0.39 is 17.2 Å². The first-order valence-electron chi connectivity index (χ1n) is 13.2. The van der Waals surface area contributed by atoms with Gasteiger partial charge in [0.25, 0.3) is 0 Å².